The van der Waals surface area contributed by atoms with Crippen molar-refractivity contribution in [1.82, 2.24) is 10.6 Å². The first-order valence-electron chi connectivity index (χ1n) is 6.91. The normalized spacial score (nSPS) is 19.2. The Bertz CT molecular complexity index is 422. The van der Waals surface area contributed by atoms with Gasteiger partial charge in [-0.25, -0.2) is 0 Å². The minimum atomic E-state index is 0.0215. The van der Waals surface area contributed by atoms with Crippen LogP contribution >= 0.6 is 15.9 Å². The Morgan fingerprint density at radius 3 is 3.00 bits per heavy atom. The summed E-state index contributed by atoms with van der Waals surface area (Å²) in [5.41, 5.74) is 1.82. The van der Waals surface area contributed by atoms with Gasteiger partial charge in [-0.1, -0.05) is 15.9 Å². The maximum Gasteiger partial charge on any atom is 0.251 e. The largest absolute Gasteiger partial charge is 0.352 e. The third kappa shape index (κ3) is 4.62. The Hall–Kier alpha value is -0.870. The molecule has 2 N–H and O–H groups in total. The molecular weight excluding hydrogens is 304 g/mol. The van der Waals surface area contributed by atoms with Crippen LogP contribution in [0.2, 0.25) is 0 Å². The van der Waals surface area contributed by atoms with Crippen molar-refractivity contribution in [2.24, 2.45) is 5.92 Å². The van der Waals surface area contributed by atoms with Crippen molar-refractivity contribution in [3.8, 4) is 0 Å². The van der Waals surface area contributed by atoms with Crippen LogP contribution in [0.3, 0.4) is 0 Å². The van der Waals surface area contributed by atoms with Crippen LogP contribution in [0.25, 0.3) is 0 Å². The lowest BCUT2D eigenvalue weighted by Gasteiger charge is -2.22. The lowest BCUT2D eigenvalue weighted by molar-refractivity contribution is 0.0950. The first-order chi connectivity index (χ1) is 9.15. The summed E-state index contributed by atoms with van der Waals surface area (Å²) in [5.74, 6) is 0.728. The highest BCUT2D eigenvalue weighted by atomic mass is 79.9. The van der Waals surface area contributed by atoms with Gasteiger partial charge in [-0.15, -0.1) is 0 Å². The van der Waals surface area contributed by atoms with Gasteiger partial charge in [0.1, 0.15) is 0 Å². The topological polar surface area (TPSA) is 41.1 Å². The van der Waals surface area contributed by atoms with E-state index in [4.69, 9.17) is 0 Å². The molecule has 1 aromatic carbocycles. The van der Waals surface area contributed by atoms with Gasteiger partial charge in [0, 0.05) is 16.6 Å². The van der Waals surface area contributed by atoms with E-state index < -0.39 is 0 Å². The Labute approximate surface area is 123 Å². The molecule has 1 aromatic rings. The lowest BCUT2D eigenvalue weighted by Crippen LogP contribution is -2.33. The molecule has 1 unspecified atom stereocenters. The fraction of sp³-hybridized carbons (Fsp3) is 0.533. The van der Waals surface area contributed by atoms with E-state index in [1.807, 2.05) is 25.1 Å². The van der Waals surface area contributed by atoms with E-state index in [2.05, 4.69) is 26.6 Å². The minimum absolute atomic E-state index is 0.0215. The summed E-state index contributed by atoms with van der Waals surface area (Å²) in [5, 5.41) is 6.41. The molecule has 4 heteroatoms. The number of rotatable bonds is 4. The van der Waals surface area contributed by atoms with Crippen LogP contribution in [-0.2, 0) is 0 Å². The standard InChI is InChI=1S/C15H21BrN2O/c1-11-7-13(9-14(16)8-11)15(19)18-6-4-12-3-2-5-17-10-12/h7-9,12,17H,2-6,10H2,1H3,(H,18,19). The Morgan fingerprint density at radius 1 is 1.47 bits per heavy atom. The van der Waals surface area contributed by atoms with Gasteiger partial charge >= 0.3 is 0 Å². The second-order valence-electron chi connectivity index (χ2n) is 5.27. The SMILES string of the molecule is Cc1cc(Br)cc(C(=O)NCCC2CCCNC2)c1. The van der Waals surface area contributed by atoms with Gasteiger partial charge in [-0.05, 0) is 69.0 Å². The highest BCUT2D eigenvalue weighted by molar-refractivity contribution is 9.10. The van der Waals surface area contributed by atoms with E-state index >= 15 is 0 Å². The van der Waals surface area contributed by atoms with Gasteiger partial charge in [-0.3, -0.25) is 4.79 Å². The summed E-state index contributed by atoms with van der Waals surface area (Å²) >= 11 is 3.42. The molecule has 0 aliphatic carbocycles. The molecule has 0 spiro atoms. The fourth-order valence-corrected chi connectivity index (χ4v) is 3.14. The van der Waals surface area contributed by atoms with Crippen LogP contribution in [0, 0.1) is 12.8 Å². The van der Waals surface area contributed by atoms with E-state index in [0.29, 0.717) is 5.92 Å². The number of nitrogens with one attached hydrogen (secondary N) is 2. The van der Waals surface area contributed by atoms with Gasteiger partial charge in [0.05, 0.1) is 0 Å². The van der Waals surface area contributed by atoms with Gasteiger partial charge < -0.3 is 10.6 Å². The molecule has 1 fully saturated rings. The maximum absolute atomic E-state index is 12.0. The fourth-order valence-electron chi connectivity index (χ4n) is 2.53. The summed E-state index contributed by atoms with van der Waals surface area (Å²) in [7, 11) is 0. The molecule has 1 heterocycles. The predicted octanol–water partition coefficient (Wildman–Crippen LogP) is 2.88. The molecule has 3 nitrogen and oxygen atoms in total. The zero-order valence-corrected chi connectivity index (χ0v) is 12.9. The van der Waals surface area contributed by atoms with Crippen molar-refractivity contribution >= 4 is 21.8 Å². The van der Waals surface area contributed by atoms with Crippen molar-refractivity contribution in [3.05, 3.63) is 33.8 Å². The second-order valence-corrected chi connectivity index (χ2v) is 6.19. The quantitative estimate of drug-likeness (QED) is 0.894. The summed E-state index contributed by atoms with van der Waals surface area (Å²) in [6.45, 7) is 4.98. The Kier molecular flexibility index (Phi) is 5.40. The molecule has 0 aromatic heterocycles. The highest BCUT2D eigenvalue weighted by Crippen LogP contribution is 2.16. The van der Waals surface area contributed by atoms with Crippen LogP contribution in [0.1, 0.15) is 35.2 Å². The first-order valence-corrected chi connectivity index (χ1v) is 7.70. The molecule has 1 aliphatic heterocycles. The van der Waals surface area contributed by atoms with E-state index in [1.54, 1.807) is 0 Å². The number of carbonyl (C=O) groups is 1. The molecule has 1 saturated heterocycles. The minimum Gasteiger partial charge on any atom is -0.352 e. The van der Waals surface area contributed by atoms with Crippen molar-refractivity contribution in [3.63, 3.8) is 0 Å². The van der Waals surface area contributed by atoms with Crippen LogP contribution in [0.5, 0.6) is 0 Å². The zero-order chi connectivity index (χ0) is 13.7. The van der Waals surface area contributed by atoms with Crippen molar-refractivity contribution in [2.75, 3.05) is 19.6 Å². The maximum atomic E-state index is 12.0. The van der Waals surface area contributed by atoms with Gasteiger partial charge in [0.15, 0.2) is 0 Å². The number of benzene rings is 1. The van der Waals surface area contributed by atoms with Crippen molar-refractivity contribution in [1.29, 1.82) is 0 Å². The Morgan fingerprint density at radius 2 is 2.32 bits per heavy atom. The number of piperidine rings is 1. The van der Waals surface area contributed by atoms with Crippen LogP contribution in [0.15, 0.2) is 22.7 Å². The van der Waals surface area contributed by atoms with Gasteiger partial charge in [0.2, 0.25) is 0 Å². The summed E-state index contributed by atoms with van der Waals surface area (Å²) < 4.78 is 0.953. The van der Waals surface area contributed by atoms with Crippen LogP contribution < -0.4 is 10.6 Å². The van der Waals surface area contributed by atoms with E-state index in [9.17, 15) is 4.79 Å². The highest BCUT2D eigenvalue weighted by Gasteiger charge is 2.13. The Balaban J connectivity index is 1.80. The molecule has 2 rings (SSSR count). The summed E-state index contributed by atoms with van der Waals surface area (Å²) in [6, 6.07) is 5.79. The third-order valence-electron chi connectivity index (χ3n) is 3.54. The number of aryl methyl sites for hydroxylation is 1. The monoisotopic (exact) mass is 324 g/mol. The first kappa shape index (κ1) is 14.5. The second kappa shape index (κ2) is 7.06. The number of hydrogen-bond donors (Lipinski definition) is 2. The van der Waals surface area contributed by atoms with Crippen LogP contribution in [0.4, 0.5) is 0 Å². The molecule has 0 saturated carbocycles. The lowest BCUT2D eigenvalue weighted by atomic mass is 9.96. The molecule has 19 heavy (non-hydrogen) atoms. The number of carbonyl (C=O) groups excluding carboxylic acids is 1. The van der Waals surface area contributed by atoms with Crippen LogP contribution in [-0.4, -0.2) is 25.5 Å². The molecular formula is C15H21BrN2O. The van der Waals surface area contributed by atoms with Crippen molar-refractivity contribution in [2.45, 2.75) is 26.2 Å². The number of halogens is 1. The smallest absolute Gasteiger partial charge is 0.251 e. The number of amides is 1. The molecule has 1 aliphatic rings. The van der Waals surface area contributed by atoms with E-state index in [1.165, 1.54) is 12.8 Å². The average molecular weight is 325 g/mol. The molecule has 0 radical (unpaired) electrons. The predicted molar refractivity (Wildman–Crippen MR) is 81.4 cm³/mol. The van der Waals surface area contributed by atoms with E-state index in [-0.39, 0.29) is 5.91 Å². The molecule has 0 bridgehead atoms. The molecule has 1 atom stereocenters. The van der Waals surface area contributed by atoms with Crippen molar-refractivity contribution < 1.29 is 4.79 Å². The van der Waals surface area contributed by atoms with Gasteiger partial charge in [0.25, 0.3) is 5.91 Å². The molecule has 104 valence electrons. The third-order valence-corrected chi connectivity index (χ3v) is 4.00. The summed E-state index contributed by atoms with van der Waals surface area (Å²) in [6.07, 6.45) is 3.59. The number of hydrogen-bond acceptors (Lipinski definition) is 2. The van der Waals surface area contributed by atoms with E-state index in [0.717, 1.165) is 41.7 Å². The zero-order valence-electron chi connectivity index (χ0n) is 11.3. The average Bonchev–Trinajstić information content (AvgIpc) is 2.38. The van der Waals surface area contributed by atoms with Gasteiger partial charge in [-0.2, -0.15) is 0 Å². The molecule has 1 amide bonds. The summed E-state index contributed by atoms with van der Waals surface area (Å²) in [4.78, 5) is 12.0.